The smallest absolute Gasteiger partial charge is 0.159 e. The van der Waals surface area contributed by atoms with Gasteiger partial charge in [0.05, 0.1) is 0 Å². The van der Waals surface area contributed by atoms with E-state index in [9.17, 15) is 4.79 Å². The Morgan fingerprint density at radius 3 is 2.71 bits per heavy atom. The lowest BCUT2D eigenvalue weighted by Crippen LogP contribution is -2.20. The standard InChI is InChI=1S/C15H23ClO/c1-11-5-6-13(16)12(2)14(17)8-10-15(3,4)9-7-11/h7-8,10,12-13H,5-6,9H2,1-4H3/b10-8+,11-7+/t12-,13+/m0/s1. The molecule has 0 fully saturated rings. The Morgan fingerprint density at radius 1 is 1.41 bits per heavy atom. The molecule has 0 aliphatic heterocycles. The van der Waals surface area contributed by atoms with Crippen LogP contribution in [-0.4, -0.2) is 11.2 Å². The normalized spacial score (nSPS) is 35.6. The summed E-state index contributed by atoms with van der Waals surface area (Å²) in [6.45, 7) is 8.38. The Labute approximate surface area is 110 Å². The SMILES string of the molecule is C/C1=C\CC(C)(C)/C=C/C(=O)[C@@H](C)[C@H](Cl)CC1. The van der Waals surface area contributed by atoms with Crippen LogP contribution in [-0.2, 0) is 4.79 Å². The quantitative estimate of drug-likeness (QED) is 0.459. The molecule has 1 aliphatic carbocycles. The van der Waals surface area contributed by atoms with E-state index in [1.165, 1.54) is 5.57 Å². The number of rotatable bonds is 0. The zero-order valence-corrected chi connectivity index (χ0v) is 12.1. The first-order valence-corrected chi connectivity index (χ1v) is 6.78. The Kier molecular flexibility index (Phi) is 5.00. The Balaban J connectivity index is 2.92. The summed E-state index contributed by atoms with van der Waals surface area (Å²) in [5.74, 6) is 0.0623. The number of halogens is 1. The first-order chi connectivity index (χ1) is 7.82. The lowest BCUT2D eigenvalue weighted by molar-refractivity contribution is -0.117. The van der Waals surface area contributed by atoms with Gasteiger partial charge in [0, 0.05) is 11.3 Å². The van der Waals surface area contributed by atoms with Crippen LogP contribution in [0.2, 0.25) is 0 Å². The fraction of sp³-hybridized carbons (Fsp3) is 0.667. The van der Waals surface area contributed by atoms with Crippen molar-refractivity contribution in [2.45, 2.75) is 52.3 Å². The van der Waals surface area contributed by atoms with Crippen molar-refractivity contribution in [3.05, 3.63) is 23.8 Å². The van der Waals surface area contributed by atoms with Crippen molar-refractivity contribution < 1.29 is 4.79 Å². The minimum absolute atomic E-state index is 0.0444. The van der Waals surface area contributed by atoms with Crippen LogP contribution in [0.1, 0.15) is 47.0 Å². The Bertz CT molecular complexity index is 339. The van der Waals surface area contributed by atoms with E-state index in [-0.39, 0.29) is 22.5 Å². The number of carbonyl (C=O) groups is 1. The summed E-state index contributed by atoms with van der Waals surface area (Å²) in [5.41, 5.74) is 1.42. The van der Waals surface area contributed by atoms with Crippen molar-refractivity contribution in [2.24, 2.45) is 11.3 Å². The molecular weight excluding hydrogens is 232 g/mol. The molecule has 17 heavy (non-hydrogen) atoms. The second kappa shape index (κ2) is 5.86. The highest BCUT2D eigenvalue weighted by Crippen LogP contribution is 2.27. The predicted octanol–water partition coefficient (Wildman–Crippen LogP) is 4.51. The van der Waals surface area contributed by atoms with Crippen LogP contribution in [0, 0.1) is 11.3 Å². The van der Waals surface area contributed by atoms with Crippen molar-refractivity contribution in [3.63, 3.8) is 0 Å². The van der Waals surface area contributed by atoms with Gasteiger partial charge in [-0.25, -0.2) is 0 Å². The summed E-state index contributed by atoms with van der Waals surface area (Å²) >= 11 is 6.27. The summed E-state index contributed by atoms with van der Waals surface area (Å²) in [4.78, 5) is 11.9. The fourth-order valence-corrected chi connectivity index (χ4v) is 2.09. The number of carbonyl (C=O) groups excluding carboxylic acids is 1. The molecule has 1 aliphatic rings. The molecule has 0 aromatic heterocycles. The van der Waals surface area contributed by atoms with Crippen LogP contribution < -0.4 is 0 Å². The second-order valence-corrected chi connectivity index (χ2v) is 6.38. The van der Waals surface area contributed by atoms with Crippen LogP contribution in [0.3, 0.4) is 0 Å². The summed E-state index contributed by atoms with van der Waals surface area (Å²) in [6.07, 6.45) is 8.85. The summed E-state index contributed by atoms with van der Waals surface area (Å²) in [5, 5.41) is -0.0586. The molecule has 1 nitrogen and oxygen atoms in total. The summed E-state index contributed by atoms with van der Waals surface area (Å²) < 4.78 is 0. The van der Waals surface area contributed by atoms with E-state index in [0.717, 1.165) is 19.3 Å². The van der Waals surface area contributed by atoms with Gasteiger partial charge in [0.2, 0.25) is 0 Å². The van der Waals surface area contributed by atoms with Crippen LogP contribution in [0.15, 0.2) is 23.8 Å². The van der Waals surface area contributed by atoms with Crippen molar-refractivity contribution >= 4 is 17.4 Å². The average Bonchev–Trinajstić information content (AvgIpc) is 2.29. The zero-order valence-electron chi connectivity index (χ0n) is 11.3. The lowest BCUT2D eigenvalue weighted by Gasteiger charge is -2.18. The number of hydrogen-bond donors (Lipinski definition) is 0. The zero-order chi connectivity index (χ0) is 13.1. The molecule has 0 aromatic rings. The molecule has 0 radical (unpaired) electrons. The first kappa shape index (κ1) is 14.5. The molecule has 0 amide bonds. The average molecular weight is 255 g/mol. The molecule has 0 N–H and O–H groups in total. The molecule has 96 valence electrons. The number of alkyl halides is 1. The third kappa shape index (κ3) is 4.67. The van der Waals surface area contributed by atoms with Gasteiger partial charge in [-0.2, -0.15) is 0 Å². The molecule has 0 spiro atoms. The molecular formula is C15H23ClO. The summed E-state index contributed by atoms with van der Waals surface area (Å²) in [6, 6.07) is 0. The van der Waals surface area contributed by atoms with Gasteiger partial charge in [0.25, 0.3) is 0 Å². The molecule has 0 aromatic carbocycles. The molecule has 0 bridgehead atoms. The van der Waals surface area contributed by atoms with Gasteiger partial charge in [-0.3, -0.25) is 4.79 Å². The van der Waals surface area contributed by atoms with E-state index < -0.39 is 0 Å². The second-order valence-electron chi connectivity index (χ2n) is 5.82. The molecule has 2 heteroatoms. The van der Waals surface area contributed by atoms with Crippen molar-refractivity contribution in [1.82, 2.24) is 0 Å². The third-order valence-electron chi connectivity index (χ3n) is 3.48. The molecule has 0 saturated heterocycles. The number of ketones is 1. The maximum atomic E-state index is 11.9. The van der Waals surface area contributed by atoms with Crippen molar-refractivity contribution in [2.75, 3.05) is 0 Å². The van der Waals surface area contributed by atoms with Crippen molar-refractivity contribution in [1.29, 1.82) is 0 Å². The minimum Gasteiger partial charge on any atom is -0.295 e. The predicted molar refractivity (Wildman–Crippen MR) is 74.3 cm³/mol. The lowest BCUT2D eigenvalue weighted by atomic mass is 9.87. The van der Waals surface area contributed by atoms with Gasteiger partial charge in [0.1, 0.15) is 0 Å². The van der Waals surface area contributed by atoms with Gasteiger partial charge < -0.3 is 0 Å². The van der Waals surface area contributed by atoms with E-state index >= 15 is 0 Å². The van der Waals surface area contributed by atoms with Gasteiger partial charge >= 0.3 is 0 Å². The van der Waals surface area contributed by atoms with E-state index in [0.29, 0.717) is 0 Å². The van der Waals surface area contributed by atoms with E-state index in [4.69, 9.17) is 11.6 Å². The van der Waals surface area contributed by atoms with Crippen LogP contribution in [0.5, 0.6) is 0 Å². The van der Waals surface area contributed by atoms with E-state index in [1.807, 2.05) is 13.0 Å². The Morgan fingerprint density at radius 2 is 2.06 bits per heavy atom. The van der Waals surface area contributed by atoms with Gasteiger partial charge in [-0.15, -0.1) is 11.6 Å². The molecule has 0 unspecified atom stereocenters. The van der Waals surface area contributed by atoms with Crippen LogP contribution in [0.25, 0.3) is 0 Å². The van der Waals surface area contributed by atoms with Gasteiger partial charge in [-0.1, -0.05) is 38.5 Å². The van der Waals surface area contributed by atoms with Crippen LogP contribution in [0.4, 0.5) is 0 Å². The monoisotopic (exact) mass is 254 g/mol. The van der Waals surface area contributed by atoms with E-state index in [2.05, 4.69) is 26.8 Å². The molecule has 2 atom stereocenters. The van der Waals surface area contributed by atoms with Crippen molar-refractivity contribution in [3.8, 4) is 0 Å². The first-order valence-electron chi connectivity index (χ1n) is 6.34. The number of allylic oxidation sites excluding steroid dienone is 4. The highest BCUT2D eigenvalue weighted by atomic mass is 35.5. The fourth-order valence-electron chi connectivity index (χ4n) is 1.86. The van der Waals surface area contributed by atoms with E-state index in [1.54, 1.807) is 6.08 Å². The molecule has 0 heterocycles. The molecule has 1 rings (SSSR count). The highest BCUT2D eigenvalue weighted by Gasteiger charge is 2.22. The van der Waals surface area contributed by atoms with Crippen LogP contribution >= 0.6 is 11.6 Å². The maximum Gasteiger partial charge on any atom is 0.159 e. The van der Waals surface area contributed by atoms with Gasteiger partial charge in [-0.05, 0) is 37.7 Å². The largest absolute Gasteiger partial charge is 0.295 e. The third-order valence-corrected chi connectivity index (χ3v) is 4.08. The minimum atomic E-state index is -0.0883. The summed E-state index contributed by atoms with van der Waals surface area (Å²) in [7, 11) is 0. The molecule has 0 saturated carbocycles. The number of hydrogen-bond acceptors (Lipinski definition) is 1. The topological polar surface area (TPSA) is 17.1 Å². The highest BCUT2D eigenvalue weighted by molar-refractivity contribution is 6.22. The maximum absolute atomic E-state index is 11.9. The van der Waals surface area contributed by atoms with Gasteiger partial charge in [0.15, 0.2) is 5.78 Å². The Hall–Kier alpha value is -0.560.